The minimum atomic E-state index is 1.16. The zero-order valence-electron chi connectivity index (χ0n) is 17.4. The van der Waals surface area contributed by atoms with Crippen molar-refractivity contribution in [1.82, 2.24) is 4.57 Å². The molecule has 0 bridgehead atoms. The summed E-state index contributed by atoms with van der Waals surface area (Å²) in [5.41, 5.74) is 1.49. The Morgan fingerprint density at radius 2 is 1.04 bits per heavy atom. The maximum atomic E-state index is 2.43. The first-order valence-electron chi connectivity index (χ1n) is 11.5. The molecule has 1 aromatic heterocycles. The predicted octanol–water partition coefficient (Wildman–Crippen LogP) is 8.31. The second-order valence-corrected chi connectivity index (χ2v) is 7.85. The Morgan fingerprint density at radius 3 is 1.48 bits per heavy atom. The molecule has 0 saturated heterocycles. The quantitative estimate of drug-likeness (QED) is 0.235. The Kier molecular flexibility index (Phi) is 14.9. The van der Waals surface area contributed by atoms with Crippen LogP contribution in [0, 0.1) is 0 Å². The molecule has 0 amide bonds. The zero-order chi connectivity index (χ0) is 18.0. The Balaban J connectivity index is 1.75. The summed E-state index contributed by atoms with van der Waals surface area (Å²) < 4.78 is 2.43. The highest BCUT2D eigenvalue weighted by molar-refractivity contribution is 5.06. The standard InChI is InChI=1S/C24H45N/c1-3-5-6-7-8-9-10-11-12-13-14-15-16-17-18-19-22-25-23-20-21-24(25)4-2/h20-21,23H,3-19,22H2,1-2H3. The molecule has 0 aliphatic carbocycles. The summed E-state index contributed by atoms with van der Waals surface area (Å²) in [7, 11) is 0. The van der Waals surface area contributed by atoms with Crippen LogP contribution in [0.1, 0.15) is 122 Å². The highest BCUT2D eigenvalue weighted by Gasteiger charge is 1.98. The second kappa shape index (κ2) is 16.7. The number of rotatable bonds is 18. The van der Waals surface area contributed by atoms with E-state index in [4.69, 9.17) is 0 Å². The molecular weight excluding hydrogens is 302 g/mol. The van der Waals surface area contributed by atoms with Gasteiger partial charge in [0.05, 0.1) is 0 Å². The van der Waals surface area contributed by atoms with Crippen molar-refractivity contribution in [2.24, 2.45) is 0 Å². The van der Waals surface area contributed by atoms with Crippen LogP contribution < -0.4 is 0 Å². The van der Waals surface area contributed by atoms with Crippen LogP contribution in [0.2, 0.25) is 0 Å². The summed E-state index contributed by atoms with van der Waals surface area (Å²) in [4.78, 5) is 0. The average molecular weight is 348 g/mol. The highest BCUT2D eigenvalue weighted by atomic mass is 15.0. The van der Waals surface area contributed by atoms with Gasteiger partial charge in [0.2, 0.25) is 0 Å². The average Bonchev–Trinajstić information content (AvgIpc) is 3.09. The van der Waals surface area contributed by atoms with Gasteiger partial charge in [-0.05, 0) is 25.0 Å². The number of hydrogen-bond donors (Lipinski definition) is 0. The van der Waals surface area contributed by atoms with Crippen molar-refractivity contribution >= 4 is 0 Å². The largest absolute Gasteiger partial charge is 0.351 e. The lowest BCUT2D eigenvalue weighted by molar-refractivity contribution is 0.519. The maximum absolute atomic E-state index is 2.43. The monoisotopic (exact) mass is 347 g/mol. The molecule has 0 N–H and O–H groups in total. The fraction of sp³-hybridized carbons (Fsp3) is 0.833. The molecule has 0 atom stereocenters. The summed E-state index contributed by atoms with van der Waals surface area (Å²) in [6.45, 7) is 5.76. The third-order valence-corrected chi connectivity index (χ3v) is 5.54. The first kappa shape index (κ1) is 22.3. The molecule has 0 fully saturated rings. The van der Waals surface area contributed by atoms with Crippen LogP contribution in [0.3, 0.4) is 0 Å². The van der Waals surface area contributed by atoms with E-state index in [9.17, 15) is 0 Å². The van der Waals surface area contributed by atoms with Crippen molar-refractivity contribution in [3.05, 3.63) is 24.0 Å². The third-order valence-electron chi connectivity index (χ3n) is 5.54. The van der Waals surface area contributed by atoms with Crippen LogP contribution in [0.25, 0.3) is 0 Å². The Labute approximate surface area is 158 Å². The minimum Gasteiger partial charge on any atom is -0.351 e. The van der Waals surface area contributed by atoms with Gasteiger partial charge in [0.15, 0.2) is 0 Å². The van der Waals surface area contributed by atoms with Gasteiger partial charge in [0.1, 0.15) is 0 Å². The topological polar surface area (TPSA) is 4.93 Å². The molecule has 1 heterocycles. The van der Waals surface area contributed by atoms with Crippen molar-refractivity contribution in [2.45, 2.75) is 130 Å². The summed E-state index contributed by atoms with van der Waals surface area (Å²) in [6.07, 6.45) is 26.5. The molecule has 1 nitrogen and oxygen atoms in total. The number of aryl methyl sites for hydroxylation is 2. The zero-order valence-corrected chi connectivity index (χ0v) is 17.4. The first-order chi connectivity index (χ1) is 12.4. The SMILES string of the molecule is CCCCCCCCCCCCCCCCCCn1cccc1CC. The number of unbranched alkanes of at least 4 members (excludes halogenated alkanes) is 15. The molecule has 0 unspecified atom stereocenters. The van der Waals surface area contributed by atoms with Crippen molar-refractivity contribution < 1.29 is 0 Å². The van der Waals surface area contributed by atoms with Crippen LogP contribution in [-0.4, -0.2) is 4.57 Å². The van der Waals surface area contributed by atoms with Crippen LogP contribution in [0.15, 0.2) is 18.3 Å². The lowest BCUT2D eigenvalue weighted by Gasteiger charge is -2.07. The van der Waals surface area contributed by atoms with Crippen LogP contribution >= 0.6 is 0 Å². The Hall–Kier alpha value is -0.720. The van der Waals surface area contributed by atoms with E-state index in [1.165, 1.54) is 115 Å². The lowest BCUT2D eigenvalue weighted by Crippen LogP contribution is -2.00. The molecule has 0 radical (unpaired) electrons. The van der Waals surface area contributed by atoms with Gasteiger partial charge < -0.3 is 4.57 Å². The fourth-order valence-electron chi connectivity index (χ4n) is 3.82. The molecule has 0 saturated carbocycles. The summed E-state index contributed by atoms with van der Waals surface area (Å²) >= 11 is 0. The summed E-state index contributed by atoms with van der Waals surface area (Å²) in [5.74, 6) is 0. The molecule has 1 aromatic rings. The number of hydrogen-bond acceptors (Lipinski definition) is 0. The Bertz CT molecular complexity index is 379. The van der Waals surface area contributed by atoms with E-state index in [1.54, 1.807) is 0 Å². The van der Waals surface area contributed by atoms with Crippen molar-refractivity contribution in [1.29, 1.82) is 0 Å². The fourth-order valence-corrected chi connectivity index (χ4v) is 3.82. The smallest absolute Gasteiger partial charge is 0.0222 e. The van der Waals surface area contributed by atoms with E-state index in [0.717, 1.165) is 6.42 Å². The highest BCUT2D eigenvalue weighted by Crippen LogP contribution is 2.14. The summed E-state index contributed by atoms with van der Waals surface area (Å²) in [6, 6.07) is 4.44. The second-order valence-electron chi connectivity index (χ2n) is 7.85. The summed E-state index contributed by atoms with van der Waals surface area (Å²) in [5, 5.41) is 0. The van der Waals surface area contributed by atoms with Crippen LogP contribution in [0.5, 0.6) is 0 Å². The Morgan fingerprint density at radius 1 is 0.600 bits per heavy atom. The predicted molar refractivity (Wildman–Crippen MR) is 113 cm³/mol. The van der Waals surface area contributed by atoms with Gasteiger partial charge in [-0.2, -0.15) is 0 Å². The van der Waals surface area contributed by atoms with Gasteiger partial charge in [0.25, 0.3) is 0 Å². The van der Waals surface area contributed by atoms with Crippen molar-refractivity contribution in [3.8, 4) is 0 Å². The van der Waals surface area contributed by atoms with Gasteiger partial charge in [-0.25, -0.2) is 0 Å². The van der Waals surface area contributed by atoms with E-state index < -0.39 is 0 Å². The molecule has 0 spiro atoms. The van der Waals surface area contributed by atoms with E-state index in [-0.39, 0.29) is 0 Å². The third kappa shape index (κ3) is 12.3. The molecule has 1 heteroatoms. The van der Waals surface area contributed by atoms with Gasteiger partial charge in [-0.15, -0.1) is 0 Å². The molecule has 146 valence electrons. The van der Waals surface area contributed by atoms with Crippen LogP contribution in [0.4, 0.5) is 0 Å². The van der Waals surface area contributed by atoms with E-state index in [1.807, 2.05) is 0 Å². The van der Waals surface area contributed by atoms with Crippen molar-refractivity contribution in [2.75, 3.05) is 0 Å². The van der Waals surface area contributed by atoms with Gasteiger partial charge in [0, 0.05) is 18.4 Å². The van der Waals surface area contributed by atoms with E-state index >= 15 is 0 Å². The van der Waals surface area contributed by atoms with Crippen LogP contribution in [-0.2, 0) is 13.0 Å². The molecule has 25 heavy (non-hydrogen) atoms. The molecule has 0 aliphatic heterocycles. The van der Waals surface area contributed by atoms with Gasteiger partial charge in [-0.3, -0.25) is 0 Å². The lowest BCUT2D eigenvalue weighted by atomic mass is 10.0. The number of nitrogens with zero attached hydrogens (tertiary/aromatic N) is 1. The number of aromatic nitrogens is 1. The molecule has 0 aromatic carbocycles. The molecule has 0 aliphatic rings. The normalized spacial score (nSPS) is 11.3. The van der Waals surface area contributed by atoms with Crippen molar-refractivity contribution in [3.63, 3.8) is 0 Å². The van der Waals surface area contributed by atoms with Gasteiger partial charge >= 0.3 is 0 Å². The maximum Gasteiger partial charge on any atom is 0.0222 e. The van der Waals surface area contributed by atoms with E-state index in [2.05, 4.69) is 36.7 Å². The van der Waals surface area contributed by atoms with E-state index in [0.29, 0.717) is 0 Å². The minimum absolute atomic E-state index is 1.16. The molecule has 1 rings (SSSR count). The molecular formula is C24H45N. The first-order valence-corrected chi connectivity index (χ1v) is 11.5. The van der Waals surface area contributed by atoms with Gasteiger partial charge in [-0.1, -0.05) is 110 Å².